The lowest BCUT2D eigenvalue weighted by atomic mass is 10.1. The Morgan fingerprint density at radius 3 is 2.30 bits per heavy atom. The predicted molar refractivity (Wildman–Crippen MR) is 208 cm³/mol. The number of nitrogens with one attached hydrogen (secondary N) is 1. The first kappa shape index (κ1) is 39.3. The van der Waals surface area contributed by atoms with Gasteiger partial charge in [-0.25, -0.2) is 14.8 Å². The molecule has 18 nitrogen and oxygen atoms in total. The van der Waals surface area contributed by atoms with E-state index < -0.39 is 17.4 Å². The number of carbonyl (C=O) groups is 4. The van der Waals surface area contributed by atoms with Gasteiger partial charge in [-0.15, -0.1) is 0 Å². The van der Waals surface area contributed by atoms with Crippen molar-refractivity contribution in [2.75, 3.05) is 37.4 Å². The highest BCUT2D eigenvalue weighted by Gasteiger charge is 2.34. The second kappa shape index (κ2) is 16.1. The third-order valence-electron chi connectivity index (χ3n) is 8.96. The summed E-state index contributed by atoms with van der Waals surface area (Å²) in [6, 6.07) is 9.74. The summed E-state index contributed by atoms with van der Waals surface area (Å²) >= 11 is 0. The van der Waals surface area contributed by atoms with Gasteiger partial charge < -0.3 is 45.4 Å². The van der Waals surface area contributed by atoms with Crippen LogP contribution in [0.5, 0.6) is 5.75 Å². The molecule has 18 heteroatoms. The summed E-state index contributed by atoms with van der Waals surface area (Å²) in [5, 5.41) is 7.27. The van der Waals surface area contributed by atoms with Crippen molar-refractivity contribution in [1.29, 1.82) is 0 Å². The average molecular weight is 770 g/mol. The van der Waals surface area contributed by atoms with Gasteiger partial charge in [0.25, 0.3) is 5.91 Å². The molecule has 0 unspecified atom stereocenters. The number of allylic oxidation sites excluding steroid dienone is 2. The number of hydrogen-bond donors (Lipinski definition) is 4. The van der Waals surface area contributed by atoms with Gasteiger partial charge in [0, 0.05) is 37.2 Å². The zero-order chi connectivity index (χ0) is 40.3. The molecule has 7 N–H and O–H groups in total. The molecule has 4 amide bonds. The molecule has 1 fully saturated rings. The van der Waals surface area contributed by atoms with E-state index in [9.17, 15) is 19.2 Å². The summed E-state index contributed by atoms with van der Waals surface area (Å²) < 4.78 is 22.6. The summed E-state index contributed by atoms with van der Waals surface area (Å²) in [5.41, 5.74) is 20.7. The average Bonchev–Trinajstić information content (AvgIpc) is 3.77. The highest BCUT2D eigenvalue weighted by molar-refractivity contribution is 6.03. The fraction of sp³-hybridized carbons (Fsp3) is 0.395. The highest BCUT2D eigenvalue weighted by atomic mass is 16.6. The van der Waals surface area contributed by atoms with Crippen molar-refractivity contribution in [2.45, 2.75) is 72.4 Å². The molecule has 0 bridgehead atoms. The number of primary amides is 2. The molecule has 1 saturated heterocycles. The summed E-state index contributed by atoms with van der Waals surface area (Å²) in [7, 11) is 0. The molecule has 5 aromatic rings. The number of ether oxygens (including phenoxy) is 3. The number of hydrogen-bond acceptors (Lipinski definition) is 11. The number of aromatic nitrogens is 6. The summed E-state index contributed by atoms with van der Waals surface area (Å²) in [6.45, 7) is 11.8. The summed E-state index contributed by atoms with van der Waals surface area (Å²) in [5.74, 6) is -0.779. The van der Waals surface area contributed by atoms with E-state index >= 15 is 0 Å². The Bertz CT molecular complexity index is 2330. The first-order valence-electron chi connectivity index (χ1n) is 18.2. The molecule has 0 spiro atoms. The van der Waals surface area contributed by atoms with E-state index in [1.165, 1.54) is 0 Å². The van der Waals surface area contributed by atoms with Gasteiger partial charge in [-0.05, 0) is 71.0 Å². The van der Waals surface area contributed by atoms with Crippen molar-refractivity contribution in [3.05, 3.63) is 71.1 Å². The predicted octanol–water partition coefficient (Wildman–Crippen LogP) is 3.60. The van der Waals surface area contributed by atoms with E-state index in [4.69, 9.17) is 31.4 Å². The van der Waals surface area contributed by atoms with E-state index in [0.29, 0.717) is 71.9 Å². The number of benzene rings is 2. The van der Waals surface area contributed by atoms with Crippen LogP contribution in [0.2, 0.25) is 0 Å². The van der Waals surface area contributed by atoms with Crippen molar-refractivity contribution < 1.29 is 33.4 Å². The molecule has 3 aromatic heterocycles. The quantitative estimate of drug-likeness (QED) is 0.0885. The van der Waals surface area contributed by atoms with E-state index in [1.807, 2.05) is 46.8 Å². The second-order valence-electron chi connectivity index (χ2n) is 14.4. The monoisotopic (exact) mass is 769 g/mol. The molecule has 56 heavy (non-hydrogen) atoms. The largest absolute Gasteiger partial charge is 0.491 e. The molecule has 4 heterocycles. The van der Waals surface area contributed by atoms with E-state index in [0.717, 1.165) is 0 Å². The molecule has 296 valence electrons. The van der Waals surface area contributed by atoms with Crippen molar-refractivity contribution in [2.24, 2.45) is 11.5 Å². The lowest BCUT2D eigenvalue weighted by molar-refractivity contribution is -0.0647. The van der Waals surface area contributed by atoms with Gasteiger partial charge >= 0.3 is 6.09 Å². The maximum absolute atomic E-state index is 13.4. The minimum absolute atomic E-state index is 0.0873. The van der Waals surface area contributed by atoms with Gasteiger partial charge in [0.15, 0.2) is 0 Å². The standard InChI is InChI=1S/C38H47N11O7/c1-6-49-29(16-22(2)45-49)34(52)44-36-43-26-17-23(32(39)50)10-11-28(26)47(36)12-7-8-13-48-31-27(42-35(48)41)18-24(33(40)51)19-30(31)55-15-9-14-54-25-20-46(21-25)37(53)56-38(3,4)5/h7-8,10-11,16-19,25H,6,9,12-15,20-21H2,1-5H3,(H2,39,50)(H2,40,51)(H2,41,42)(H,43,44,52)/b8-7+. The van der Waals surface area contributed by atoms with Crippen LogP contribution in [0.3, 0.4) is 0 Å². The van der Waals surface area contributed by atoms with Crippen LogP contribution < -0.4 is 27.3 Å². The lowest BCUT2D eigenvalue weighted by Gasteiger charge is -2.39. The van der Waals surface area contributed by atoms with Crippen LogP contribution in [-0.2, 0) is 29.1 Å². The van der Waals surface area contributed by atoms with E-state index in [2.05, 4.69) is 20.4 Å². The number of imidazole rings is 2. The zero-order valence-electron chi connectivity index (χ0n) is 32.1. The summed E-state index contributed by atoms with van der Waals surface area (Å²) in [4.78, 5) is 60.4. The molecular formula is C38H47N11O7. The first-order chi connectivity index (χ1) is 26.6. The van der Waals surface area contributed by atoms with Crippen LogP contribution in [0.1, 0.15) is 71.0 Å². The minimum atomic E-state index is -0.639. The molecular weight excluding hydrogens is 722 g/mol. The summed E-state index contributed by atoms with van der Waals surface area (Å²) in [6.07, 6.45) is 3.84. The van der Waals surface area contributed by atoms with Gasteiger partial charge in [0.2, 0.25) is 23.7 Å². The Morgan fingerprint density at radius 2 is 1.62 bits per heavy atom. The smallest absolute Gasteiger partial charge is 0.410 e. The number of nitrogen functional groups attached to an aromatic ring is 1. The molecule has 0 radical (unpaired) electrons. The fourth-order valence-electron chi connectivity index (χ4n) is 6.25. The molecule has 2 aromatic carbocycles. The molecule has 1 aliphatic heterocycles. The molecule has 1 aliphatic rings. The van der Waals surface area contributed by atoms with Crippen LogP contribution >= 0.6 is 0 Å². The van der Waals surface area contributed by atoms with Gasteiger partial charge in [-0.3, -0.25) is 24.4 Å². The molecule has 0 aliphatic carbocycles. The second-order valence-corrected chi connectivity index (χ2v) is 14.4. The normalized spacial score (nSPS) is 13.4. The number of nitrogens with two attached hydrogens (primary N) is 3. The maximum Gasteiger partial charge on any atom is 0.410 e. The van der Waals surface area contributed by atoms with E-state index in [-0.39, 0.29) is 60.8 Å². The van der Waals surface area contributed by atoms with E-state index in [1.54, 1.807) is 55.1 Å². The van der Waals surface area contributed by atoms with Crippen LogP contribution in [0.15, 0.2) is 48.6 Å². The number of amides is 4. The van der Waals surface area contributed by atoms with Crippen LogP contribution in [-0.4, -0.2) is 95.6 Å². The van der Waals surface area contributed by atoms with Crippen molar-refractivity contribution in [3.63, 3.8) is 0 Å². The first-order valence-corrected chi connectivity index (χ1v) is 18.2. The Kier molecular flexibility index (Phi) is 11.3. The van der Waals surface area contributed by atoms with Crippen LogP contribution in [0.4, 0.5) is 16.7 Å². The van der Waals surface area contributed by atoms with Gasteiger partial charge in [-0.2, -0.15) is 5.10 Å². The maximum atomic E-state index is 13.4. The number of rotatable bonds is 15. The van der Waals surface area contributed by atoms with Crippen molar-refractivity contribution in [3.8, 4) is 5.75 Å². The third-order valence-corrected chi connectivity index (χ3v) is 8.96. The Balaban J connectivity index is 1.15. The van der Waals surface area contributed by atoms with Crippen LogP contribution in [0, 0.1) is 6.92 Å². The number of nitrogens with zero attached hydrogens (tertiary/aromatic N) is 7. The molecule has 0 saturated carbocycles. The Labute approximate surface area is 322 Å². The number of fused-ring (bicyclic) bond motifs is 2. The topological polar surface area (TPSA) is 243 Å². The van der Waals surface area contributed by atoms with Crippen LogP contribution in [0.25, 0.3) is 22.1 Å². The third kappa shape index (κ3) is 8.75. The molecule has 0 atom stereocenters. The fourth-order valence-corrected chi connectivity index (χ4v) is 6.25. The SMILES string of the molecule is CCn1nc(C)cc1C(=O)Nc1nc2cc(C(N)=O)ccc2n1C/C=C/Cn1c(N)nc2cc(C(N)=O)cc(OCCCOC3CN(C(=O)OC(C)(C)C)C3)c21. The molecule has 6 rings (SSSR count). The Hall–Kier alpha value is -6.43. The zero-order valence-corrected chi connectivity index (χ0v) is 32.1. The van der Waals surface area contributed by atoms with Crippen molar-refractivity contribution in [1.82, 2.24) is 33.8 Å². The van der Waals surface area contributed by atoms with Crippen molar-refractivity contribution >= 4 is 57.8 Å². The van der Waals surface area contributed by atoms with Gasteiger partial charge in [0.1, 0.15) is 22.6 Å². The lowest BCUT2D eigenvalue weighted by Crippen LogP contribution is -2.56. The van der Waals surface area contributed by atoms with Gasteiger partial charge in [0.05, 0.1) is 54.7 Å². The minimum Gasteiger partial charge on any atom is -0.491 e. The number of carbonyl (C=O) groups excluding carboxylic acids is 4. The number of anilines is 2. The number of likely N-dealkylation sites (tertiary alicyclic amines) is 1. The highest BCUT2D eigenvalue weighted by Crippen LogP contribution is 2.30. The Morgan fingerprint density at radius 1 is 0.929 bits per heavy atom. The number of aryl methyl sites for hydroxylation is 2. The van der Waals surface area contributed by atoms with Gasteiger partial charge in [-0.1, -0.05) is 12.2 Å².